The minimum Gasteiger partial charge on any atom is -0.454 e. The molecular formula is C19H30N4O5. The number of imide groups is 1. The quantitative estimate of drug-likeness (QED) is 0.448. The highest BCUT2D eigenvalue weighted by atomic mass is 16.5. The van der Waals surface area contributed by atoms with Crippen molar-refractivity contribution in [2.45, 2.75) is 65.5 Å². The molecule has 28 heavy (non-hydrogen) atoms. The van der Waals surface area contributed by atoms with E-state index in [9.17, 15) is 24.4 Å². The number of amides is 4. The van der Waals surface area contributed by atoms with Crippen LogP contribution >= 0.6 is 0 Å². The number of hydrogen-bond acceptors (Lipinski definition) is 6. The van der Waals surface area contributed by atoms with Gasteiger partial charge in [-0.3, -0.25) is 19.3 Å². The number of hydrogen-bond donors (Lipinski definition) is 2. The SMILES string of the molecule is CC(C)CC[C@@]1(C)NC(=O)N(CC(=O)OCC(=O)N[C@](C)(C#N)C(C)C)C1=O. The van der Waals surface area contributed by atoms with Crippen LogP contribution in [-0.2, 0) is 19.1 Å². The van der Waals surface area contributed by atoms with Crippen LogP contribution in [-0.4, -0.2) is 52.9 Å². The highest BCUT2D eigenvalue weighted by Crippen LogP contribution is 2.24. The highest BCUT2D eigenvalue weighted by molar-refractivity contribution is 6.08. The van der Waals surface area contributed by atoms with Gasteiger partial charge in [-0.25, -0.2) is 4.79 Å². The smallest absolute Gasteiger partial charge is 0.326 e. The molecule has 4 amide bonds. The van der Waals surface area contributed by atoms with Crippen molar-refractivity contribution in [3.05, 3.63) is 0 Å². The summed E-state index contributed by atoms with van der Waals surface area (Å²) in [6.07, 6.45) is 1.21. The van der Waals surface area contributed by atoms with E-state index in [0.717, 1.165) is 11.3 Å². The molecule has 1 heterocycles. The Bertz CT molecular complexity index is 684. The molecule has 9 nitrogen and oxygen atoms in total. The van der Waals surface area contributed by atoms with Crippen LogP contribution in [0.25, 0.3) is 0 Å². The zero-order valence-electron chi connectivity index (χ0n) is 17.4. The van der Waals surface area contributed by atoms with Gasteiger partial charge in [-0.1, -0.05) is 27.7 Å². The van der Waals surface area contributed by atoms with E-state index in [0.29, 0.717) is 12.3 Å². The predicted octanol–water partition coefficient (Wildman–Crippen LogP) is 1.33. The first kappa shape index (κ1) is 23.4. The Balaban J connectivity index is 2.59. The zero-order chi connectivity index (χ0) is 21.7. The summed E-state index contributed by atoms with van der Waals surface area (Å²) in [5, 5.41) is 14.3. The lowest BCUT2D eigenvalue weighted by molar-refractivity contribution is -0.151. The van der Waals surface area contributed by atoms with Gasteiger partial charge in [-0.05, 0) is 38.5 Å². The first-order chi connectivity index (χ1) is 12.8. The first-order valence-electron chi connectivity index (χ1n) is 9.36. The molecule has 0 aromatic heterocycles. The van der Waals surface area contributed by atoms with Crippen molar-refractivity contribution in [1.82, 2.24) is 15.5 Å². The van der Waals surface area contributed by atoms with E-state index in [1.165, 1.54) is 0 Å². The van der Waals surface area contributed by atoms with Crippen molar-refractivity contribution in [3.8, 4) is 6.07 Å². The van der Waals surface area contributed by atoms with Crippen LogP contribution in [0.4, 0.5) is 4.79 Å². The maximum absolute atomic E-state index is 12.5. The molecule has 0 radical (unpaired) electrons. The van der Waals surface area contributed by atoms with E-state index in [4.69, 9.17) is 4.74 Å². The molecule has 0 spiro atoms. The van der Waals surface area contributed by atoms with Gasteiger partial charge in [-0.15, -0.1) is 0 Å². The Labute approximate surface area is 165 Å². The van der Waals surface area contributed by atoms with Crippen molar-refractivity contribution in [3.63, 3.8) is 0 Å². The summed E-state index contributed by atoms with van der Waals surface area (Å²) < 4.78 is 4.86. The molecule has 1 rings (SSSR count). The second-order valence-electron chi connectivity index (χ2n) is 8.26. The summed E-state index contributed by atoms with van der Waals surface area (Å²) in [4.78, 5) is 49.4. The van der Waals surface area contributed by atoms with E-state index in [1.54, 1.807) is 27.7 Å². The van der Waals surface area contributed by atoms with Gasteiger partial charge in [0.15, 0.2) is 6.61 Å². The molecule has 1 aliphatic rings. The van der Waals surface area contributed by atoms with Gasteiger partial charge in [0.05, 0.1) is 6.07 Å². The van der Waals surface area contributed by atoms with E-state index in [-0.39, 0.29) is 5.92 Å². The third kappa shape index (κ3) is 5.68. The van der Waals surface area contributed by atoms with Crippen LogP contribution in [0.5, 0.6) is 0 Å². The topological polar surface area (TPSA) is 129 Å². The summed E-state index contributed by atoms with van der Waals surface area (Å²) in [5.74, 6) is -1.79. The molecule has 1 saturated heterocycles. The first-order valence-corrected chi connectivity index (χ1v) is 9.36. The molecule has 9 heteroatoms. The van der Waals surface area contributed by atoms with E-state index < -0.39 is 48.0 Å². The van der Waals surface area contributed by atoms with Gasteiger partial charge in [-0.2, -0.15) is 5.26 Å². The number of nitrogens with zero attached hydrogens (tertiary/aromatic N) is 2. The van der Waals surface area contributed by atoms with Crippen LogP contribution in [0.15, 0.2) is 0 Å². The van der Waals surface area contributed by atoms with Crippen LogP contribution in [0, 0.1) is 23.2 Å². The average Bonchev–Trinajstić information content (AvgIpc) is 2.81. The molecule has 1 aliphatic heterocycles. The molecule has 0 saturated carbocycles. The number of carbonyl (C=O) groups is 4. The summed E-state index contributed by atoms with van der Waals surface area (Å²) >= 11 is 0. The molecule has 0 aromatic carbocycles. The van der Waals surface area contributed by atoms with Crippen LogP contribution < -0.4 is 10.6 Å². The van der Waals surface area contributed by atoms with Crippen LogP contribution in [0.2, 0.25) is 0 Å². The predicted molar refractivity (Wildman–Crippen MR) is 101 cm³/mol. The van der Waals surface area contributed by atoms with Crippen molar-refractivity contribution >= 4 is 23.8 Å². The second-order valence-corrected chi connectivity index (χ2v) is 8.26. The van der Waals surface area contributed by atoms with Crippen LogP contribution in [0.1, 0.15) is 54.4 Å². The molecule has 2 N–H and O–H groups in total. The Morgan fingerprint density at radius 2 is 1.93 bits per heavy atom. The third-order valence-electron chi connectivity index (χ3n) is 5.00. The third-order valence-corrected chi connectivity index (χ3v) is 5.00. The molecule has 156 valence electrons. The molecule has 0 unspecified atom stereocenters. The number of esters is 1. The minimum absolute atomic E-state index is 0.147. The number of nitriles is 1. The fraction of sp³-hybridized carbons (Fsp3) is 0.737. The van der Waals surface area contributed by atoms with Crippen molar-refractivity contribution < 1.29 is 23.9 Å². The number of carbonyl (C=O) groups excluding carboxylic acids is 4. The lowest BCUT2D eigenvalue weighted by Gasteiger charge is -2.27. The van der Waals surface area contributed by atoms with E-state index in [1.807, 2.05) is 19.9 Å². The molecule has 0 aliphatic carbocycles. The van der Waals surface area contributed by atoms with Crippen molar-refractivity contribution in [2.75, 3.05) is 13.2 Å². The van der Waals surface area contributed by atoms with Crippen LogP contribution in [0.3, 0.4) is 0 Å². The van der Waals surface area contributed by atoms with E-state index in [2.05, 4.69) is 10.6 Å². The second kappa shape index (κ2) is 9.04. The average molecular weight is 394 g/mol. The largest absolute Gasteiger partial charge is 0.454 e. The molecular weight excluding hydrogens is 364 g/mol. The minimum atomic E-state index is -1.09. The Hall–Kier alpha value is -2.63. The molecule has 2 atom stereocenters. The molecule has 0 aromatic rings. The fourth-order valence-corrected chi connectivity index (χ4v) is 2.59. The number of urea groups is 1. The summed E-state index contributed by atoms with van der Waals surface area (Å²) in [7, 11) is 0. The summed E-state index contributed by atoms with van der Waals surface area (Å²) in [6, 6.07) is 1.36. The lowest BCUT2D eigenvalue weighted by atomic mass is 9.90. The highest BCUT2D eigenvalue weighted by Gasteiger charge is 2.48. The Morgan fingerprint density at radius 1 is 1.32 bits per heavy atom. The molecule has 1 fully saturated rings. The van der Waals surface area contributed by atoms with Gasteiger partial charge in [0.25, 0.3) is 11.8 Å². The number of ether oxygens (including phenoxy) is 1. The maximum atomic E-state index is 12.5. The van der Waals surface area contributed by atoms with Crippen molar-refractivity contribution in [2.24, 2.45) is 11.8 Å². The van der Waals surface area contributed by atoms with Gasteiger partial charge in [0.2, 0.25) is 0 Å². The monoisotopic (exact) mass is 394 g/mol. The lowest BCUT2D eigenvalue weighted by Crippen LogP contribution is -2.50. The molecule has 0 bridgehead atoms. The van der Waals surface area contributed by atoms with Gasteiger partial charge < -0.3 is 15.4 Å². The van der Waals surface area contributed by atoms with Gasteiger partial charge in [0, 0.05) is 0 Å². The maximum Gasteiger partial charge on any atom is 0.326 e. The fourth-order valence-electron chi connectivity index (χ4n) is 2.59. The standard InChI is InChI=1S/C19H30N4O5/c1-12(2)7-8-18(5)16(26)23(17(27)22-18)9-15(25)28-10-14(24)21-19(6,11-20)13(3)4/h12-13H,7-10H2,1-6H3,(H,21,24)(H,22,27)/t18-,19-/m1/s1. The zero-order valence-corrected chi connectivity index (χ0v) is 17.4. The summed E-state index contributed by atoms with van der Waals surface area (Å²) in [6.45, 7) is 9.62. The number of nitrogens with one attached hydrogen (secondary N) is 2. The van der Waals surface area contributed by atoms with E-state index >= 15 is 0 Å². The Morgan fingerprint density at radius 3 is 2.43 bits per heavy atom. The number of rotatable bonds is 9. The normalized spacial score (nSPS) is 21.3. The summed E-state index contributed by atoms with van der Waals surface area (Å²) in [5.41, 5.74) is -2.14. The van der Waals surface area contributed by atoms with Crippen molar-refractivity contribution in [1.29, 1.82) is 5.26 Å². The van der Waals surface area contributed by atoms with Gasteiger partial charge >= 0.3 is 12.0 Å². The Kier molecular flexibility index (Phi) is 7.56. The van der Waals surface area contributed by atoms with Gasteiger partial charge in [0.1, 0.15) is 17.6 Å².